The van der Waals surface area contributed by atoms with Gasteiger partial charge in [-0.3, -0.25) is 4.99 Å². The second-order valence-corrected chi connectivity index (χ2v) is 7.85. The molecule has 0 aromatic heterocycles. The molecular formula is C29H33N. The van der Waals surface area contributed by atoms with Gasteiger partial charge in [0.1, 0.15) is 0 Å². The average Bonchev–Trinajstić information content (AvgIpc) is 2.79. The average molecular weight is 396 g/mol. The number of rotatable bonds is 9. The van der Waals surface area contributed by atoms with Gasteiger partial charge in [-0.1, -0.05) is 98.3 Å². The molecule has 0 atom stereocenters. The van der Waals surface area contributed by atoms with Crippen molar-refractivity contribution in [2.75, 3.05) is 6.54 Å². The van der Waals surface area contributed by atoms with Crippen LogP contribution in [0.25, 0.3) is 6.08 Å². The fourth-order valence-electron chi connectivity index (χ4n) is 3.69. The van der Waals surface area contributed by atoms with Crippen LogP contribution in [0.2, 0.25) is 0 Å². The highest BCUT2D eigenvalue weighted by Crippen LogP contribution is 2.17. The van der Waals surface area contributed by atoms with E-state index < -0.39 is 0 Å². The summed E-state index contributed by atoms with van der Waals surface area (Å²) in [5.41, 5.74) is 9.01. The van der Waals surface area contributed by atoms with Crippen LogP contribution in [0.1, 0.15) is 53.6 Å². The zero-order chi connectivity index (χ0) is 21.2. The number of hydrogen-bond acceptors (Lipinski definition) is 1. The fraction of sp³-hybridized carbons (Fsp3) is 0.276. The lowest BCUT2D eigenvalue weighted by Gasteiger charge is -2.10. The molecule has 3 aromatic carbocycles. The Balaban J connectivity index is 1.79. The summed E-state index contributed by atoms with van der Waals surface area (Å²) < 4.78 is 0. The van der Waals surface area contributed by atoms with Crippen molar-refractivity contribution in [1.82, 2.24) is 0 Å². The summed E-state index contributed by atoms with van der Waals surface area (Å²) in [6, 6.07) is 26.3. The Kier molecular flexibility index (Phi) is 8.20. The molecule has 0 bridgehead atoms. The first-order valence-corrected chi connectivity index (χ1v) is 11.1. The zero-order valence-corrected chi connectivity index (χ0v) is 18.6. The topological polar surface area (TPSA) is 12.4 Å². The van der Waals surface area contributed by atoms with Crippen molar-refractivity contribution >= 4 is 11.8 Å². The lowest BCUT2D eigenvalue weighted by atomic mass is 9.97. The highest BCUT2D eigenvalue weighted by molar-refractivity contribution is 6.11. The number of allylic oxidation sites excluding steroid dienone is 1. The molecule has 0 saturated carbocycles. The lowest BCUT2D eigenvalue weighted by Crippen LogP contribution is -2.03. The molecule has 0 aliphatic carbocycles. The minimum absolute atomic E-state index is 0.855. The molecule has 0 fully saturated rings. The maximum absolute atomic E-state index is 4.89. The summed E-state index contributed by atoms with van der Waals surface area (Å²) in [4.78, 5) is 4.89. The van der Waals surface area contributed by atoms with E-state index >= 15 is 0 Å². The molecule has 3 aromatic rings. The minimum atomic E-state index is 0.855. The number of benzene rings is 3. The van der Waals surface area contributed by atoms with Crippen LogP contribution in [0.5, 0.6) is 0 Å². The van der Waals surface area contributed by atoms with E-state index in [1.165, 1.54) is 33.4 Å². The third kappa shape index (κ3) is 6.29. The van der Waals surface area contributed by atoms with Gasteiger partial charge in [0.15, 0.2) is 0 Å². The van der Waals surface area contributed by atoms with Gasteiger partial charge in [-0.15, -0.1) is 0 Å². The van der Waals surface area contributed by atoms with Crippen LogP contribution in [0.4, 0.5) is 0 Å². The summed E-state index contributed by atoms with van der Waals surface area (Å²) >= 11 is 0. The third-order valence-corrected chi connectivity index (χ3v) is 5.35. The normalized spacial score (nSPS) is 11.9. The van der Waals surface area contributed by atoms with E-state index in [1.807, 2.05) is 0 Å². The molecule has 0 aliphatic rings. The summed E-state index contributed by atoms with van der Waals surface area (Å²) in [6.07, 6.45) is 8.60. The number of hydrogen-bond donors (Lipinski definition) is 0. The van der Waals surface area contributed by atoms with Crippen molar-refractivity contribution in [3.63, 3.8) is 0 Å². The van der Waals surface area contributed by atoms with Crippen LogP contribution in [0, 0.1) is 6.92 Å². The van der Waals surface area contributed by atoms with Crippen LogP contribution in [0.15, 0.2) is 83.9 Å². The largest absolute Gasteiger partial charge is 0.285 e. The smallest absolute Gasteiger partial charge is 0.0649 e. The van der Waals surface area contributed by atoms with Crippen LogP contribution in [0.3, 0.4) is 0 Å². The molecule has 3 rings (SSSR count). The van der Waals surface area contributed by atoms with Gasteiger partial charge in [-0.05, 0) is 60.9 Å². The van der Waals surface area contributed by atoms with E-state index in [0.717, 1.165) is 37.9 Å². The van der Waals surface area contributed by atoms with E-state index in [2.05, 4.69) is 106 Å². The molecule has 0 spiro atoms. The van der Waals surface area contributed by atoms with Crippen LogP contribution >= 0.6 is 0 Å². The van der Waals surface area contributed by atoms with Gasteiger partial charge < -0.3 is 0 Å². The van der Waals surface area contributed by atoms with Crippen molar-refractivity contribution < 1.29 is 0 Å². The SMILES string of the molecule is CCCN=C(/C=C/c1cccc(CCc2ccccc2)c1)c1ccc(C)cc1CC. The molecule has 1 heteroatoms. The lowest BCUT2D eigenvalue weighted by molar-refractivity contribution is 0.933. The summed E-state index contributed by atoms with van der Waals surface area (Å²) in [6.45, 7) is 7.41. The fourth-order valence-corrected chi connectivity index (χ4v) is 3.69. The summed E-state index contributed by atoms with van der Waals surface area (Å²) in [5.74, 6) is 0. The van der Waals surface area contributed by atoms with E-state index in [-0.39, 0.29) is 0 Å². The van der Waals surface area contributed by atoms with Crippen molar-refractivity contribution in [1.29, 1.82) is 0 Å². The van der Waals surface area contributed by atoms with Gasteiger partial charge in [-0.25, -0.2) is 0 Å². The quantitative estimate of drug-likeness (QED) is 0.338. The predicted octanol–water partition coefficient (Wildman–Crippen LogP) is 7.26. The van der Waals surface area contributed by atoms with Gasteiger partial charge in [0, 0.05) is 12.1 Å². The predicted molar refractivity (Wildman–Crippen MR) is 132 cm³/mol. The maximum atomic E-state index is 4.89. The van der Waals surface area contributed by atoms with Gasteiger partial charge >= 0.3 is 0 Å². The molecule has 0 unspecified atom stereocenters. The minimum Gasteiger partial charge on any atom is -0.285 e. The van der Waals surface area contributed by atoms with Crippen molar-refractivity contribution in [2.45, 2.75) is 46.5 Å². The van der Waals surface area contributed by atoms with Crippen LogP contribution < -0.4 is 0 Å². The summed E-state index contributed by atoms with van der Waals surface area (Å²) in [5, 5.41) is 0. The molecule has 0 heterocycles. The van der Waals surface area contributed by atoms with Crippen molar-refractivity contribution in [3.05, 3.63) is 112 Å². The Morgan fingerprint density at radius 3 is 2.37 bits per heavy atom. The molecular weight excluding hydrogens is 362 g/mol. The summed E-state index contributed by atoms with van der Waals surface area (Å²) in [7, 11) is 0. The molecule has 154 valence electrons. The number of nitrogens with zero attached hydrogens (tertiary/aromatic N) is 1. The standard InChI is InChI=1S/C29H33N/c1-4-20-30-29(28-18-14-23(3)21-27(28)5-2)19-17-26-13-9-12-25(22-26)16-15-24-10-7-6-8-11-24/h6-14,17-19,21-22H,4-5,15-16,20H2,1-3H3/b19-17+,30-29?. The Morgan fingerprint density at radius 1 is 0.833 bits per heavy atom. The zero-order valence-electron chi connectivity index (χ0n) is 18.6. The van der Waals surface area contributed by atoms with E-state index in [4.69, 9.17) is 4.99 Å². The van der Waals surface area contributed by atoms with Crippen LogP contribution in [-0.4, -0.2) is 12.3 Å². The molecule has 0 amide bonds. The first kappa shape index (κ1) is 21.8. The molecule has 0 N–H and O–H groups in total. The Bertz CT molecular complexity index is 996. The highest BCUT2D eigenvalue weighted by Gasteiger charge is 2.06. The van der Waals surface area contributed by atoms with Crippen LogP contribution in [-0.2, 0) is 19.3 Å². The number of aliphatic imine (C=N–C) groups is 1. The van der Waals surface area contributed by atoms with E-state index in [9.17, 15) is 0 Å². The second-order valence-electron chi connectivity index (χ2n) is 7.85. The Hall–Kier alpha value is -2.93. The second kappa shape index (κ2) is 11.3. The van der Waals surface area contributed by atoms with Gasteiger partial charge in [0.2, 0.25) is 0 Å². The molecule has 0 aliphatic heterocycles. The molecule has 1 nitrogen and oxygen atoms in total. The third-order valence-electron chi connectivity index (χ3n) is 5.35. The first-order chi connectivity index (χ1) is 14.7. The highest BCUT2D eigenvalue weighted by atomic mass is 14.7. The maximum Gasteiger partial charge on any atom is 0.0649 e. The monoisotopic (exact) mass is 395 g/mol. The van der Waals surface area contributed by atoms with Gasteiger partial charge in [-0.2, -0.15) is 0 Å². The Labute approximate surface area is 182 Å². The van der Waals surface area contributed by atoms with Gasteiger partial charge in [0.25, 0.3) is 0 Å². The molecule has 0 radical (unpaired) electrons. The Morgan fingerprint density at radius 2 is 1.60 bits per heavy atom. The van der Waals surface area contributed by atoms with E-state index in [1.54, 1.807) is 0 Å². The first-order valence-electron chi connectivity index (χ1n) is 11.1. The molecule has 30 heavy (non-hydrogen) atoms. The number of aryl methyl sites for hydroxylation is 4. The molecule has 0 saturated heterocycles. The van der Waals surface area contributed by atoms with E-state index in [0.29, 0.717) is 0 Å². The van der Waals surface area contributed by atoms with Gasteiger partial charge in [0.05, 0.1) is 5.71 Å². The van der Waals surface area contributed by atoms with Crippen molar-refractivity contribution in [3.8, 4) is 0 Å². The van der Waals surface area contributed by atoms with Crippen molar-refractivity contribution in [2.24, 2.45) is 4.99 Å².